The highest BCUT2D eigenvalue weighted by atomic mass is 35.5. The first-order valence-electron chi connectivity index (χ1n) is 12.3. The molecular weight excluding hydrogens is 530 g/mol. The number of amides is 1. The maximum absolute atomic E-state index is 13.9. The fraction of sp³-hybridized carbons (Fsp3) is 0.333. The summed E-state index contributed by atoms with van der Waals surface area (Å²) < 4.78 is 23.0. The van der Waals surface area contributed by atoms with E-state index in [4.69, 9.17) is 27.9 Å². The maximum Gasteiger partial charge on any atom is 0.410 e. The van der Waals surface area contributed by atoms with Crippen LogP contribution in [-0.2, 0) is 4.74 Å². The number of fused-ring (bicyclic) bond motifs is 1. The van der Waals surface area contributed by atoms with Crippen LogP contribution in [0.5, 0.6) is 0 Å². The van der Waals surface area contributed by atoms with Gasteiger partial charge in [-0.3, -0.25) is 9.67 Å². The Morgan fingerprint density at radius 3 is 2.66 bits per heavy atom. The van der Waals surface area contributed by atoms with Crippen molar-refractivity contribution in [3.8, 4) is 11.1 Å². The predicted molar refractivity (Wildman–Crippen MR) is 146 cm³/mol. The van der Waals surface area contributed by atoms with Crippen LogP contribution in [0.3, 0.4) is 0 Å². The van der Waals surface area contributed by atoms with Crippen molar-refractivity contribution in [2.24, 2.45) is 5.10 Å². The third kappa shape index (κ3) is 5.54. The lowest BCUT2D eigenvalue weighted by atomic mass is 10.1. The number of nitrogens with zero attached hydrogens (tertiary/aromatic N) is 6. The van der Waals surface area contributed by atoms with Crippen LogP contribution in [0.2, 0.25) is 10.0 Å². The Morgan fingerprint density at radius 1 is 1.16 bits per heavy atom. The number of hydrogen-bond acceptors (Lipinski definition) is 5. The molecule has 3 aromatic heterocycles. The topological polar surface area (TPSA) is 77.5 Å². The smallest absolute Gasteiger partial charge is 0.410 e. The zero-order valence-electron chi connectivity index (χ0n) is 21.2. The van der Waals surface area contributed by atoms with Crippen LogP contribution in [-0.4, -0.2) is 55.3 Å². The van der Waals surface area contributed by atoms with E-state index in [1.165, 1.54) is 18.3 Å². The molecule has 0 radical (unpaired) electrons. The second kappa shape index (κ2) is 10.4. The van der Waals surface area contributed by atoms with Gasteiger partial charge in [0.2, 0.25) is 0 Å². The summed E-state index contributed by atoms with van der Waals surface area (Å²) in [5.41, 5.74) is 3.11. The summed E-state index contributed by atoms with van der Waals surface area (Å²) in [5.74, 6) is -0.564. The molecule has 1 aliphatic heterocycles. The van der Waals surface area contributed by atoms with Crippen LogP contribution >= 0.6 is 23.2 Å². The summed E-state index contributed by atoms with van der Waals surface area (Å²) in [7, 11) is 0. The first-order valence-corrected chi connectivity index (χ1v) is 13.0. The van der Waals surface area contributed by atoms with E-state index in [1.54, 1.807) is 22.0 Å². The molecule has 0 bridgehead atoms. The molecule has 1 amide bonds. The summed E-state index contributed by atoms with van der Waals surface area (Å²) in [6.45, 7) is 6.84. The Kier molecular flexibility index (Phi) is 7.15. The van der Waals surface area contributed by atoms with Crippen LogP contribution in [0.15, 0.2) is 54.2 Å². The third-order valence-corrected chi connectivity index (χ3v) is 7.05. The second-order valence-corrected chi connectivity index (χ2v) is 11.0. The average molecular weight is 557 g/mol. The molecule has 1 saturated heterocycles. The van der Waals surface area contributed by atoms with Crippen molar-refractivity contribution in [3.05, 3.63) is 70.5 Å². The van der Waals surface area contributed by atoms with E-state index < -0.39 is 11.4 Å². The number of carbonyl (C=O) groups excluding carboxylic acids is 1. The van der Waals surface area contributed by atoms with Crippen molar-refractivity contribution in [2.45, 2.75) is 45.3 Å². The monoisotopic (exact) mass is 556 g/mol. The van der Waals surface area contributed by atoms with Gasteiger partial charge >= 0.3 is 6.09 Å². The second-order valence-electron chi connectivity index (χ2n) is 10.2. The number of halogens is 3. The number of pyridine rings is 1. The number of carbonyl (C=O) groups is 1. The minimum Gasteiger partial charge on any atom is -0.444 e. The van der Waals surface area contributed by atoms with E-state index in [0.717, 1.165) is 35.0 Å². The fourth-order valence-electron chi connectivity index (χ4n) is 4.36. The lowest BCUT2D eigenvalue weighted by molar-refractivity contribution is 0.0185. The average Bonchev–Trinajstić information content (AvgIpc) is 3.53. The minimum absolute atomic E-state index is 0.0825. The van der Waals surface area contributed by atoms with Crippen LogP contribution < -0.4 is 0 Å². The Balaban J connectivity index is 1.32. The quantitative estimate of drug-likeness (QED) is 0.204. The van der Waals surface area contributed by atoms with Gasteiger partial charge in [0.15, 0.2) is 0 Å². The van der Waals surface area contributed by atoms with Crippen molar-refractivity contribution in [1.29, 1.82) is 0 Å². The highest BCUT2D eigenvalue weighted by Gasteiger charge is 2.28. The van der Waals surface area contributed by atoms with E-state index in [1.807, 2.05) is 50.0 Å². The van der Waals surface area contributed by atoms with E-state index in [2.05, 4.69) is 15.2 Å². The van der Waals surface area contributed by atoms with Crippen molar-refractivity contribution < 1.29 is 13.9 Å². The summed E-state index contributed by atoms with van der Waals surface area (Å²) >= 11 is 12.3. The normalized spacial score (nSPS) is 15.1. The molecule has 0 unspecified atom stereocenters. The number of rotatable bonds is 4. The summed E-state index contributed by atoms with van der Waals surface area (Å²) in [5, 5.41) is 9.25. The van der Waals surface area contributed by atoms with Gasteiger partial charge in [-0.15, -0.1) is 0 Å². The largest absolute Gasteiger partial charge is 0.444 e. The van der Waals surface area contributed by atoms with E-state index >= 15 is 0 Å². The summed E-state index contributed by atoms with van der Waals surface area (Å²) in [4.78, 5) is 18.7. The van der Waals surface area contributed by atoms with Gasteiger partial charge in [0.1, 0.15) is 11.4 Å². The third-order valence-electron chi connectivity index (χ3n) is 6.33. The number of benzene rings is 1. The molecule has 1 aromatic carbocycles. The number of piperidine rings is 1. The predicted octanol–water partition coefficient (Wildman–Crippen LogP) is 6.80. The number of likely N-dealkylation sites (tertiary alicyclic amines) is 1. The fourth-order valence-corrected chi connectivity index (χ4v) is 4.83. The molecule has 1 fully saturated rings. The molecule has 0 aliphatic carbocycles. The van der Waals surface area contributed by atoms with Crippen molar-refractivity contribution in [3.63, 3.8) is 0 Å². The van der Waals surface area contributed by atoms with Crippen LogP contribution in [0.1, 0.15) is 45.2 Å². The summed E-state index contributed by atoms with van der Waals surface area (Å²) in [6, 6.07) is 6.66. The Labute approximate surface area is 229 Å². The molecule has 0 N–H and O–H groups in total. The lowest BCUT2D eigenvalue weighted by Gasteiger charge is -2.33. The molecule has 0 spiro atoms. The zero-order valence-corrected chi connectivity index (χ0v) is 22.7. The molecular formula is C27H27Cl2FN6O2. The van der Waals surface area contributed by atoms with E-state index in [-0.39, 0.29) is 17.2 Å². The summed E-state index contributed by atoms with van der Waals surface area (Å²) in [6.07, 6.45) is 10.1. The number of aromatic nitrogens is 4. The zero-order chi connectivity index (χ0) is 27.0. The Bertz CT molecular complexity index is 1520. The van der Waals surface area contributed by atoms with E-state index in [9.17, 15) is 9.18 Å². The molecule has 1 aliphatic rings. The molecule has 4 aromatic rings. The van der Waals surface area contributed by atoms with Crippen molar-refractivity contribution >= 4 is 46.5 Å². The van der Waals surface area contributed by atoms with Crippen LogP contribution in [0, 0.1) is 5.82 Å². The Hall–Kier alpha value is -3.43. The molecule has 11 heteroatoms. The number of hydrogen-bond donors (Lipinski definition) is 0. The standard InChI is InChI=1S/C27H27Cl2FN6O2/c1-27(2,3)38-26(37)34-9-6-19(7-10-34)36-16-18(14-32-36)17-12-24-23(31-13-17)8-11-35(24)33-15-20-21(28)4-5-22(30)25(20)29/h4-5,8,11-16,19H,6-7,9-10H2,1-3H3/b33-15-. The van der Waals surface area contributed by atoms with Gasteiger partial charge in [-0.1, -0.05) is 23.2 Å². The van der Waals surface area contributed by atoms with Crippen LogP contribution in [0.25, 0.3) is 22.2 Å². The molecule has 38 heavy (non-hydrogen) atoms. The van der Waals surface area contributed by atoms with Gasteiger partial charge in [-0.2, -0.15) is 10.2 Å². The molecule has 0 saturated carbocycles. The first kappa shape index (κ1) is 26.2. The molecule has 8 nitrogen and oxygen atoms in total. The van der Waals surface area contributed by atoms with Gasteiger partial charge in [-0.25, -0.2) is 13.9 Å². The molecule has 5 rings (SSSR count). The van der Waals surface area contributed by atoms with Crippen molar-refractivity contribution in [2.75, 3.05) is 13.1 Å². The van der Waals surface area contributed by atoms with Gasteiger partial charge in [-0.05, 0) is 57.9 Å². The highest BCUT2D eigenvalue weighted by Crippen LogP contribution is 2.29. The highest BCUT2D eigenvalue weighted by molar-refractivity contribution is 6.38. The van der Waals surface area contributed by atoms with Gasteiger partial charge in [0, 0.05) is 48.4 Å². The van der Waals surface area contributed by atoms with Gasteiger partial charge < -0.3 is 9.64 Å². The van der Waals surface area contributed by atoms with Crippen molar-refractivity contribution in [1.82, 2.24) is 24.3 Å². The molecule has 0 atom stereocenters. The first-order chi connectivity index (χ1) is 18.1. The van der Waals surface area contributed by atoms with Crippen LogP contribution in [0.4, 0.5) is 9.18 Å². The SMILES string of the molecule is CC(C)(C)OC(=O)N1CCC(n2cc(-c3cnc4ccn(/N=C\c5c(Cl)ccc(F)c5Cl)c4c3)cn2)CC1. The number of ether oxygens (including phenoxy) is 1. The lowest BCUT2D eigenvalue weighted by Crippen LogP contribution is -2.42. The van der Waals surface area contributed by atoms with Gasteiger partial charge in [0.25, 0.3) is 0 Å². The van der Waals surface area contributed by atoms with E-state index in [0.29, 0.717) is 23.7 Å². The minimum atomic E-state index is -0.564. The Morgan fingerprint density at radius 2 is 1.92 bits per heavy atom. The van der Waals surface area contributed by atoms with Gasteiger partial charge in [0.05, 0.1) is 39.5 Å². The molecule has 4 heterocycles. The molecule has 198 valence electrons. The maximum atomic E-state index is 13.9.